The van der Waals surface area contributed by atoms with Crippen molar-refractivity contribution in [3.63, 3.8) is 0 Å². The summed E-state index contributed by atoms with van der Waals surface area (Å²) in [6, 6.07) is 0.414. The lowest BCUT2D eigenvalue weighted by molar-refractivity contribution is -0.132. The van der Waals surface area contributed by atoms with Crippen LogP contribution in [0.25, 0.3) is 0 Å². The van der Waals surface area contributed by atoms with Gasteiger partial charge in [-0.1, -0.05) is 0 Å². The van der Waals surface area contributed by atoms with Crippen LogP contribution in [0.15, 0.2) is 0 Å². The number of fused-ring (bicyclic) bond motifs is 1. The summed E-state index contributed by atoms with van der Waals surface area (Å²) in [5, 5.41) is 0. The number of carbonyl (C=O) groups is 1. The van der Waals surface area contributed by atoms with Crippen molar-refractivity contribution >= 4 is 5.91 Å². The first-order valence-corrected chi connectivity index (χ1v) is 6.61. The Bertz CT molecular complexity index is 279. The highest BCUT2D eigenvalue weighted by atomic mass is 16.5. The van der Waals surface area contributed by atoms with E-state index in [1.165, 1.54) is 0 Å². The first-order valence-electron chi connectivity index (χ1n) is 6.61. The molecule has 0 bridgehead atoms. The summed E-state index contributed by atoms with van der Waals surface area (Å²) in [4.78, 5) is 16.2. The Labute approximate surface area is 104 Å². The Morgan fingerprint density at radius 3 is 2.76 bits per heavy atom. The van der Waals surface area contributed by atoms with Gasteiger partial charge in [0.05, 0.1) is 18.8 Å². The number of carbonyl (C=O) groups excluding carboxylic acids is 1. The molecule has 0 aromatic rings. The van der Waals surface area contributed by atoms with Crippen LogP contribution in [0.2, 0.25) is 0 Å². The second kappa shape index (κ2) is 4.94. The van der Waals surface area contributed by atoms with E-state index in [1.807, 2.05) is 11.9 Å². The van der Waals surface area contributed by atoms with Crippen LogP contribution in [0, 0.1) is 5.92 Å². The quantitative estimate of drug-likeness (QED) is 0.736. The molecule has 17 heavy (non-hydrogen) atoms. The average molecular weight is 240 g/mol. The Morgan fingerprint density at radius 2 is 2.18 bits per heavy atom. The van der Waals surface area contributed by atoms with E-state index in [1.54, 1.807) is 0 Å². The van der Waals surface area contributed by atoms with Gasteiger partial charge in [-0.3, -0.25) is 9.69 Å². The molecule has 0 unspecified atom stereocenters. The monoisotopic (exact) mass is 240 g/mol. The zero-order chi connectivity index (χ0) is 12.6. The SMILES string of the molecule is CC(C)N(C)CC(=O)N1C[C@H]2C[C@H](C)O[C@H]2C1. The lowest BCUT2D eigenvalue weighted by Crippen LogP contribution is -2.41. The van der Waals surface area contributed by atoms with Gasteiger partial charge in [-0.2, -0.15) is 0 Å². The molecule has 98 valence electrons. The second-order valence-corrected chi connectivity index (χ2v) is 5.79. The number of hydrogen-bond acceptors (Lipinski definition) is 3. The molecule has 0 radical (unpaired) electrons. The maximum absolute atomic E-state index is 12.1. The normalized spacial score (nSPS) is 32.6. The topological polar surface area (TPSA) is 32.8 Å². The van der Waals surface area contributed by atoms with Gasteiger partial charge in [-0.05, 0) is 34.2 Å². The predicted octanol–water partition coefficient (Wildman–Crippen LogP) is 0.962. The highest BCUT2D eigenvalue weighted by Crippen LogP contribution is 2.32. The van der Waals surface area contributed by atoms with Crippen LogP contribution in [0.3, 0.4) is 0 Å². The fourth-order valence-electron chi connectivity index (χ4n) is 2.70. The van der Waals surface area contributed by atoms with E-state index in [4.69, 9.17) is 4.74 Å². The van der Waals surface area contributed by atoms with E-state index >= 15 is 0 Å². The maximum Gasteiger partial charge on any atom is 0.236 e. The molecule has 2 aliphatic rings. The molecule has 1 amide bonds. The van der Waals surface area contributed by atoms with Gasteiger partial charge in [-0.15, -0.1) is 0 Å². The van der Waals surface area contributed by atoms with Gasteiger partial charge in [0.2, 0.25) is 5.91 Å². The molecule has 2 fully saturated rings. The van der Waals surface area contributed by atoms with Crippen LogP contribution in [0.5, 0.6) is 0 Å². The minimum Gasteiger partial charge on any atom is -0.373 e. The number of nitrogens with zero attached hydrogens (tertiary/aromatic N) is 2. The Morgan fingerprint density at radius 1 is 1.47 bits per heavy atom. The minimum absolute atomic E-state index is 0.242. The second-order valence-electron chi connectivity index (χ2n) is 5.79. The fourth-order valence-corrected chi connectivity index (χ4v) is 2.70. The van der Waals surface area contributed by atoms with Gasteiger partial charge >= 0.3 is 0 Å². The molecule has 2 heterocycles. The van der Waals surface area contributed by atoms with Crippen LogP contribution in [-0.2, 0) is 9.53 Å². The third-order valence-electron chi connectivity index (χ3n) is 4.04. The number of rotatable bonds is 3. The Hall–Kier alpha value is -0.610. The van der Waals surface area contributed by atoms with Crippen LogP contribution >= 0.6 is 0 Å². The molecular formula is C13H24N2O2. The molecule has 2 rings (SSSR count). The molecule has 4 heteroatoms. The van der Waals surface area contributed by atoms with Crippen molar-refractivity contribution in [3.8, 4) is 0 Å². The van der Waals surface area contributed by atoms with Crippen molar-refractivity contribution in [2.24, 2.45) is 5.92 Å². The highest BCUT2D eigenvalue weighted by Gasteiger charge is 2.41. The molecule has 4 nitrogen and oxygen atoms in total. The lowest BCUT2D eigenvalue weighted by Gasteiger charge is -2.24. The lowest BCUT2D eigenvalue weighted by atomic mass is 10.0. The molecule has 0 spiro atoms. The first kappa shape index (κ1) is 12.8. The van der Waals surface area contributed by atoms with Gasteiger partial charge in [0.15, 0.2) is 0 Å². The third-order valence-corrected chi connectivity index (χ3v) is 4.04. The molecular weight excluding hydrogens is 216 g/mol. The van der Waals surface area contributed by atoms with E-state index in [0.717, 1.165) is 19.5 Å². The number of likely N-dealkylation sites (N-methyl/N-ethyl adjacent to an activating group) is 1. The van der Waals surface area contributed by atoms with Gasteiger partial charge in [-0.25, -0.2) is 0 Å². The summed E-state index contributed by atoms with van der Waals surface area (Å²) < 4.78 is 5.81. The summed E-state index contributed by atoms with van der Waals surface area (Å²) in [6.07, 6.45) is 1.77. The third kappa shape index (κ3) is 2.80. The molecule has 3 atom stereocenters. The van der Waals surface area contributed by atoms with Crippen molar-refractivity contribution in [3.05, 3.63) is 0 Å². The molecule has 2 saturated heterocycles. The Balaban J connectivity index is 1.83. The van der Waals surface area contributed by atoms with Gasteiger partial charge in [0.25, 0.3) is 0 Å². The highest BCUT2D eigenvalue weighted by molar-refractivity contribution is 5.78. The molecule has 0 aromatic heterocycles. The van der Waals surface area contributed by atoms with E-state index < -0.39 is 0 Å². The van der Waals surface area contributed by atoms with Crippen molar-refractivity contribution < 1.29 is 9.53 Å². The van der Waals surface area contributed by atoms with E-state index in [0.29, 0.717) is 30.7 Å². The maximum atomic E-state index is 12.1. The van der Waals surface area contributed by atoms with E-state index in [9.17, 15) is 4.79 Å². The molecule has 0 N–H and O–H groups in total. The van der Waals surface area contributed by atoms with Crippen molar-refractivity contribution in [2.45, 2.75) is 45.4 Å². The molecule has 0 saturated carbocycles. The predicted molar refractivity (Wildman–Crippen MR) is 66.8 cm³/mol. The number of ether oxygens (including phenoxy) is 1. The van der Waals surface area contributed by atoms with Crippen molar-refractivity contribution in [1.82, 2.24) is 9.80 Å². The zero-order valence-corrected chi connectivity index (χ0v) is 11.3. The van der Waals surface area contributed by atoms with Crippen LogP contribution in [-0.4, -0.2) is 60.6 Å². The van der Waals surface area contributed by atoms with Gasteiger partial charge < -0.3 is 9.64 Å². The summed E-state index contributed by atoms with van der Waals surface area (Å²) in [5.41, 5.74) is 0. The van der Waals surface area contributed by atoms with Crippen molar-refractivity contribution in [2.75, 3.05) is 26.7 Å². The fraction of sp³-hybridized carbons (Fsp3) is 0.923. The number of amides is 1. The summed E-state index contributed by atoms with van der Waals surface area (Å²) in [5.74, 6) is 0.810. The molecule has 0 aromatic carbocycles. The number of hydrogen-bond donors (Lipinski definition) is 0. The Kier molecular flexibility index (Phi) is 3.73. The van der Waals surface area contributed by atoms with E-state index in [-0.39, 0.29) is 5.91 Å². The molecule has 2 aliphatic heterocycles. The first-order chi connectivity index (χ1) is 7.97. The van der Waals surface area contributed by atoms with Crippen LogP contribution < -0.4 is 0 Å². The number of likely N-dealkylation sites (tertiary alicyclic amines) is 1. The van der Waals surface area contributed by atoms with Gasteiger partial charge in [0.1, 0.15) is 0 Å². The molecule has 0 aliphatic carbocycles. The largest absolute Gasteiger partial charge is 0.373 e. The van der Waals surface area contributed by atoms with Crippen LogP contribution in [0.1, 0.15) is 27.2 Å². The minimum atomic E-state index is 0.242. The van der Waals surface area contributed by atoms with E-state index in [2.05, 4.69) is 25.7 Å². The standard InChI is InChI=1S/C13H24N2O2/c1-9(2)14(4)8-13(16)15-6-11-5-10(3)17-12(11)7-15/h9-12H,5-8H2,1-4H3/t10-,11+,12-/m0/s1. The summed E-state index contributed by atoms with van der Waals surface area (Å²) in [6.45, 7) is 8.54. The van der Waals surface area contributed by atoms with Crippen molar-refractivity contribution in [1.29, 1.82) is 0 Å². The summed E-state index contributed by atoms with van der Waals surface area (Å²) in [7, 11) is 2.00. The smallest absolute Gasteiger partial charge is 0.236 e. The van der Waals surface area contributed by atoms with Crippen LogP contribution in [0.4, 0.5) is 0 Å². The van der Waals surface area contributed by atoms with Gasteiger partial charge in [0, 0.05) is 25.0 Å². The average Bonchev–Trinajstić information content (AvgIpc) is 2.73. The zero-order valence-electron chi connectivity index (χ0n) is 11.3. The summed E-state index contributed by atoms with van der Waals surface area (Å²) >= 11 is 0.